The van der Waals surface area contributed by atoms with E-state index < -0.39 is 0 Å². The molecule has 1 aliphatic heterocycles. The zero-order valence-electron chi connectivity index (χ0n) is 10.2. The minimum atomic E-state index is -0.245. The number of hydrogen-bond acceptors (Lipinski definition) is 4. The van der Waals surface area contributed by atoms with Crippen molar-refractivity contribution >= 4 is 5.97 Å². The van der Waals surface area contributed by atoms with Crippen molar-refractivity contribution in [3.63, 3.8) is 0 Å². The average molecular weight is 247 g/mol. The third-order valence-corrected chi connectivity index (χ3v) is 3.70. The number of carbonyl (C=O) groups excluding carboxylic acids is 1. The first-order valence-corrected chi connectivity index (χ1v) is 6.46. The Morgan fingerprint density at radius 2 is 2.11 bits per heavy atom. The highest BCUT2D eigenvalue weighted by atomic mass is 16.5. The molecule has 2 atom stereocenters. The Morgan fingerprint density at radius 1 is 1.28 bits per heavy atom. The van der Waals surface area contributed by atoms with Gasteiger partial charge in [-0.25, -0.2) is 4.79 Å². The summed E-state index contributed by atoms with van der Waals surface area (Å²) in [5.74, 6) is 0.542. The van der Waals surface area contributed by atoms with Crippen LogP contribution in [0.2, 0.25) is 0 Å². The summed E-state index contributed by atoms with van der Waals surface area (Å²) < 4.78 is 10.9. The van der Waals surface area contributed by atoms with Crippen LogP contribution in [-0.4, -0.2) is 18.1 Å². The van der Waals surface area contributed by atoms with Crippen LogP contribution in [0.25, 0.3) is 0 Å². The van der Waals surface area contributed by atoms with Crippen molar-refractivity contribution < 1.29 is 14.3 Å². The topological polar surface area (TPSA) is 61.6 Å². The monoisotopic (exact) mass is 247 g/mol. The van der Waals surface area contributed by atoms with Crippen molar-refractivity contribution in [2.24, 2.45) is 5.73 Å². The van der Waals surface area contributed by atoms with Crippen molar-refractivity contribution in [2.45, 2.75) is 44.4 Å². The molecule has 0 unspecified atom stereocenters. The second-order valence-corrected chi connectivity index (χ2v) is 5.00. The highest BCUT2D eigenvalue weighted by molar-refractivity contribution is 5.93. The number of rotatable bonds is 2. The van der Waals surface area contributed by atoms with Crippen LogP contribution in [-0.2, 0) is 11.3 Å². The second-order valence-electron chi connectivity index (χ2n) is 5.00. The minimum Gasteiger partial charge on any atom is -0.489 e. The van der Waals surface area contributed by atoms with Gasteiger partial charge in [0, 0.05) is 11.6 Å². The highest BCUT2D eigenvalue weighted by Gasteiger charge is 2.25. The Morgan fingerprint density at radius 3 is 2.94 bits per heavy atom. The summed E-state index contributed by atoms with van der Waals surface area (Å²) in [6.45, 7) is 0.349. The first-order valence-electron chi connectivity index (χ1n) is 6.46. The lowest BCUT2D eigenvalue weighted by Gasteiger charge is -2.29. The van der Waals surface area contributed by atoms with Crippen LogP contribution in [0.3, 0.4) is 0 Å². The third-order valence-electron chi connectivity index (χ3n) is 3.70. The Balaban J connectivity index is 1.75. The maximum absolute atomic E-state index is 11.3. The molecule has 2 N–H and O–H groups in total. The molecule has 1 aromatic rings. The summed E-state index contributed by atoms with van der Waals surface area (Å²) in [5.41, 5.74) is 7.61. The summed E-state index contributed by atoms with van der Waals surface area (Å²) in [6, 6.07) is 5.60. The molecule has 1 aliphatic carbocycles. The van der Waals surface area contributed by atoms with E-state index in [0.717, 1.165) is 24.2 Å². The Bertz CT molecular complexity index is 472. The molecule has 4 heteroatoms. The molecule has 2 aliphatic rings. The van der Waals surface area contributed by atoms with E-state index in [2.05, 4.69) is 0 Å². The van der Waals surface area contributed by atoms with Gasteiger partial charge in [0.05, 0.1) is 5.56 Å². The Labute approximate surface area is 106 Å². The van der Waals surface area contributed by atoms with E-state index in [1.807, 2.05) is 12.1 Å². The van der Waals surface area contributed by atoms with Gasteiger partial charge >= 0.3 is 5.97 Å². The summed E-state index contributed by atoms with van der Waals surface area (Å²) >= 11 is 0. The standard InChI is InChI=1S/C14H17NO3/c15-12-3-1-2-4-13(12)18-10-5-6-11-9(7-10)8-17-14(11)16/h5-7,12-13H,1-4,8,15H2/t12-,13-/m0/s1. The van der Waals surface area contributed by atoms with Crippen molar-refractivity contribution in [2.75, 3.05) is 0 Å². The van der Waals surface area contributed by atoms with Gasteiger partial charge in [-0.1, -0.05) is 6.42 Å². The number of hydrogen-bond donors (Lipinski definition) is 1. The van der Waals surface area contributed by atoms with Crippen LogP contribution in [0.5, 0.6) is 5.75 Å². The number of esters is 1. The first kappa shape index (κ1) is 11.5. The lowest BCUT2D eigenvalue weighted by Crippen LogP contribution is -2.41. The fourth-order valence-electron chi connectivity index (χ4n) is 2.63. The normalized spacial score (nSPS) is 26.6. The number of benzene rings is 1. The first-order chi connectivity index (χ1) is 8.74. The molecular formula is C14H17NO3. The molecule has 0 saturated heterocycles. The molecule has 18 heavy (non-hydrogen) atoms. The molecule has 96 valence electrons. The van der Waals surface area contributed by atoms with E-state index in [9.17, 15) is 4.79 Å². The Hall–Kier alpha value is -1.55. The number of nitrogens with two attached hydrogens (primary N) is 1. The Kier molecular flexibility index (Phi) is 2.96. The number of fused-ring (bicyclic) bond motifs is 1. The molecule has 0 spiro atoms. The van der Waals surface area contributed by atoms with Gasteiger partial charge in [0.2, 0.25) is 0 Å². The van der Waals surface area contributed by atoms with E-state index in [4.69, 9.17) is 15.2 Å². The van der Waals surface area contributed by atoms with Crippen LogP contribution in [0.4, 0.5) is 0 Å². The minimum absolute atomic E-state index is 0.0924. The summed E-state index contributed by atoms with van der Waals surface area (Å²) in [7, 11) is 0. The van der Waals surface area contributed by atoms with Gasteiger partial charge in [-0.3, -0.25) is 0 Å². The highest BCUT2D eigenvalue weighted by Crippen LogP contribution is 2.27. The van der Waals surface area contributed by atoms with Crippen molar-refractivity contribution in [1.29, 1.82) is 0 Å². The van der Waals surface area contributed by atoms with Crippen molar-refractivity contribution in [3.05, 3.63) is 29.3 Å². The van der Waals surface area contributed by atoms with Crippen LogP contribution in [0, 0.1) is 0 Å². The van der Waals surface area contributed by atoms with Gasteiger partial charge in [0.1, 0.15) is 18.5 Å². The predicted molar refractivity (Wildman–Crippen MR) is 66.4 cm³/mol. The molecule has 1 saturated carbocycles. The molecule has 1 heterocycles. The average Bonchev–Trinajstić information content (AvgIpc) is 2.74. The summed E-state index contributed by atoms with van der Waals surface area (Å²) in [4.78, 5) is 11.3. The molecule has 0 amide bonds. The summed E-state index contributed by atoms with van der Waals surface area (Å²) in [6.07, 6.45) is 4.48. The molecule has 1 fully saturated rings. The van der Waals surface area contributed by atoms with Crippen molar-refractivity contribution in [1.82, 2.24) is 0 Å². The largest absolute Gasteiger partial charge is 0.489 e. The zero-order valence-corrected chi connectivity index (χ0v) is 10.2. The van der Waals surface area contributed by atoms with Gasteiger partial charge in [-0.2, -0.15) is 0 Å². The number of ether oxygens (including phenoxy) is 2. The van der Waals surface area contributed by atoms with Crippen LogP contribution >= 0.6 is 0 Å². The van der Waals surface area contributed by atoms with Gasteiger partial charge in [0.25, 0.3) is 0 Å². The molecule has 0 bridgehead atoms. The van der Waals surface area contributed by atoms with Gasteiger partial charge in [-0.05, 0) is 37.5 Å². The maximum atomic E-state index is 11.3. The number of carbonyl (C=O) groups is 1. The molecule has 3 rings (SSSR count). The van der Waals surface area contributed by atoms with Gasteiger partial charge in [-0.15, -0.1) is 0 Å². The van der Waals surface area contributed by atoms with E-state index in [0.29, 0.717) is 12.2 Å². The summed E-state index contributed by atoms with van der Waals surface area (Å²) in [5, 5.41) is 0. The van der Waals surface area contributed by atoms with Crippen molar-refractivity contribution in [3.8, 4) is 5.75 Å². The smallest absolute Gasteiger partial charge is 0.338 e. The molecule has 0 aromatic heterocycles. The molecule has 1 aromatic carbocycles. The van der Waals surface area contributed by atoms with Crippen LogP contribution in [0.15, 0.2) is 18.2 Å². The lowest BCUT2D eigenvalue weighted by atomic mass is 9.93. The fraction of sp³-hybridized carbons (Fsp3) is 0.500. The van der Waals surface area contributed by atoms with E-state index in [-0.39, 0.29) is 18.1 Å². The quantitative estimate of drug-likeness (QED) is 0.812. The van der Waals surface area contributed by atoms with E-state index in [1.54, 1.807) is 6.07 Å². The third kappa shape index (κ3) is 2.08. The molecular weight excluding hydrogens is 230 g/mol. The van der Waals surface area contributed by atoms with Crippen LogP contribution < -0.4 is 10.5 Å². The van der Waals surface area contributed by atoms with Gasteiger partial charge in [0.15, 0.2) is 0 Å². The maximum Gasteiger partial charge on any atom is 0.338 e. The molecule has 4 nitrogen and oxygen atoms in total. The lowest BCUT2D eigenvalue weighted by molar-refractivity contribution is 0.0535. The predicted octanol–water partition coefficient (Wildman–Crippen LogP) is 2.01. The second kappa shape index (κ2) is 4.61. The van der Waals surface area contributed by atoms with E-state index in [1.165, 1.54) is 12.8 Å². The SMILES string of the molecule is N[C@H]1CCCC[C@@H]1Oc1ccc2c(c1)COC2=O. The number of cyclic esters (lactones) is 1. The molecule has 0 radical (unpaired) electrons. The van der Waals surface area contributed by atoms with Crippen LogP contribution in [0.1, 0.15) is 41.6 Å². The zero-order chi connectivity index (χ0) is 12.5. The van der Waals surface area contributed by atoms with Gasteiger partial charge < -0.3 is 15.2 Å². The van der Waals surface area contributed by atoms with E-state index >= 15 is 0 Å². The fourth-order valence-corrected chi connectivity index (χ4v) is 2.63.